The molecule has 1 aromatic rings. The van der Waals surface area contributed by atoms with Crippen LogP contribution in [0.15, 0.2) is 24.3 Å². The molecule has 112 valence electrons. The lowest BCUT2D eigenvalue weighted by molar-refractivity contribution is 0.253. The average Bonchev–Trinajstić information content (AvgIpc) is 2.35. The summed E-state index contributed by atoms with van der Waals surface area (Å²) in [5.41, 5.74) is 1.65. The van der Waals surface area contributed by atoms with Gasteiger partial charge < -0.3 is 5.32 Å². The molecule has 1 aliphatic carbocycles. The summed E-state index contributed by atoms with van der Waals surface area (Å²) in [5, 5.41) is 3.57. The van der Waals surface area contributed by atoms with E-state index >= 15 is 0 Å². The van der Waals surface area contributed by atoms with Crippen LogP contribution in [0.4, 0.5) is 11.4 Å². The number of hydrogen-bond donors (Lipinski definition) is 2. The Balaban J connectivity index is 2.00. The number of hydrogen-bond acceptors (Lipinski definition) is 3. The van der Waals surface area contributed by atoms with Gasteiger partial charge in [0.25, 0.3) is 0 Å². The standard InChI is InChI=1S/C15H24N2O2S/c1-11-5-4-6-15(12(11)2)16-13-7-9-14(10-8-13)17-20(3,18)19/h7-12,15-17H,4-6H2,1-3H3. The Morgan fingerprint density at radius 1 is 1.05 bits per heavy atom. The largest absolute Gasteiger partial charge is 0.382 e. The van der Waals surface area contributed by atoms with E-state index in [4.69, 9.17) is 0 Å². The van der Waals surface area contributed by atoms with Gasteiger partial charge in [0.2, 0.25) is 10.0 Å². The number of benzene rings is 1. The fourth-order valence-electron chi connectivity index (χ4n) is 2.85. The van der Waals surface area contributed by atoms with E-state index < -0.39 is 10.0 Å². The van der Waals surface area contributed by atoms with E-state index in [1.54, 1.807) is 12.1 Å². The first-order chi connectivity index (χ1) is 9.35. The molecular formula is C15H24N2O2S. The predicted octanol–water partition coefficient (Wildman–Crippen LogP) is 3.29. The summed E-state index contributed by atoms with van der Waals surface area (Å²) >= 11 is 0. The van der Waals surface area contributed by atoms with Crippen LogP contribution in [0.25, 0.3) is 0 Å². The fourth-order valence-corrected chi connectivity index (χ4v) is 3.41. The molecule has 20 heavy (non-hydrogen) atoms. The fraction of sp³-hybridized carbons (Fsp3) is 0.600. The maximum absolute atomic E-state index is 11.2. The Hall–Kier alpha value is -1.23. The zero-order valence-corrected chi connectivity index (χ0v) is 13.2. The molecule has 0 bridgehead atoms. The molecule has 0 saturated heterocycles. The zero-order chi connectivity index (χ0) is 14.8. The smallest absolute Gasteiger partial charge is 0.229 e. The monoisotopic (exact) mass is 296 g/mol. The Kier molecular flexibility index (Phi) is 4.58. The van der Waals surface area contributed by atoms with E-state index in [-0.39, 0.29) is 0 Å². The van der Waals surface area contributed by atoms with Crippen molar-refractivity contribution in [3.05, 3.63) is 24.3 Å². The second-order valence-corrected chi connectivity index (χ2v) is 7.72. The van der Waals surface area contributed by atoms with Crippen molar-refractivity contribution in [1.29, 1.82) is 0 Å². The molecule has 3 unspecified atom stereocenters. The van der Waals surface area contributed by atoms with Crippen LogP contribution in [0, 0.1) is 11.8 Å². The van der Waals surface area contributed by atoms with E-state index in [0.29, 0.717) is 17.6 Å². The second-order valence-electron chi connectivity index (χ2n) is 5.97. The van der Waals surface area contributed by atoms with Crippen LogP contribution in [0.5, 0.6) is 0 Å². The Morgan fingerprint density at radius 3 is 2.25 bits per heavy atom. The minimum atomic E-state index is -3.20. The van der Waals surface area contributed by atoms with Crippen molar-refractivity contribution in [3.8, 4) is 0 Å². The van der Waals surface area contributed by atoms with Crippen LogP contribution in [0.2, 0.25) is 0 Å². The van der Waals surface area contributed by atoms with Crippen LogP contribution in [-0.2, 0) is 10.0 Å². The van der Waals surface area contributed by atoms with Gasteiger partial charge in [0.05, 0.1) is 6.26 Å². The Labute approximate surface area is 122 Å². The molecule has 0 aliphatic heterocycles. The molecule has 0 heterocycles. The molecule has 1 saturated carbocycles. The van der Waals surface area contributed by atoms with E-state index in [0.717, 1.165) is 17.9 Å². The molecule has 1 fully saturated rings. The van der Waals surface area contributed by atoms with Gasteiger partial charge in [0.1, 0.15) is 0 Å². The second kappa shape index (κ2) is 6.04. The highest BCUT2D eigenvalue weighted by molar-refractivity contribution is 7.92. The first-order valence-electron chi connectivity index (χ1n) is 7.19. The van der Waals surface area contributed by atoms with Gasteiger partial charge in [-0.1, -0.05) is 26.7 Å². The third-order valence-electron chi connectivity index (χ3n) is 4.25. The first-order valence-corrected chi connectivity index (χ1v) is 9.09. The highest BCUT2D eigenvalue weighted by Gasteiger charge is 2.26. The topological polar surface area (TPSA) is 58.2 Å². The van der Waals surface area contributed by atoms with Gasteiger partial charge in [-0.15, -0.1) is 0 Å². The van der Waals surface area contributed by atoms with Gasteiger partial charge in [-0.25, -0.2) is 8.42 Å². The lowest BCUT2D eigenvalue weighted by Gasteiger charge is -2.35. The molecule has 5 heteroatoms. The highest BCUT2D eigenvalue weighted by Crippen LogP contribution is 2.31. The summed E-state index contributed by atoms with van der Waals surface area (Å²) < 4.78 is 24.8. The number of anilines is 2. The molecule has 0 aromatic heterocycles. The third kappa shape index (κ3) is 4.13. The lowest BCUT2D eigenvalue weighted by atomic mass is 9.78. The SMILES string of the molecule is CC1CCCC(Nc2ccc(NS(C)(=O)=O)cc2)C1C. The van der Waals surface area contributed by atoms with Crippen molar-refractivity contribution in [1.82, 2.24) is 0 Å². The van der Waals surface area contributed by atoms with Crippen molar-refractivity contribution < 1.29 is 8.42 Å². The molecule has 4 nitrogen and oxygen atoms in total. The number of nitrogens with one attached hydrogen (secondary N) is 2. The number of rotatable bonds is 4. The minimum absolute atomic E-state index is 0.507. The highest BCUT2D eigenvalue weighted by atomic mass is 32.2. The summed E-state index contributed by atoms with van der Waals surface area (Å²) in [4.78, 5) is 0. The van der Waals surface area contributed by atoms with Crippen LogP contribution in [0.1, 0.15) is 33.1 Å². The van der Waals surface area contributed by atoms with Crippen molar-refractivity contribution in [2.75, 3.05) is 16.3 Å². The van der Waals surface area contributed by atoms with Crippen molar-refractivity contribution in [2.45, 2.75) is 39.2 Å². The molecule has 1 aromatic carbocycles. The molecule has 1 aliphatic rings. The minimum Gasteiger partial charge on any atom is -0.382 e. The van der Waals surface area contributed by atoms with E-state index in [1.165, 1.54) is 19.3 Å². The Bertz CT molecular complexity index is 539. The van der Waals surface area contributed by atoms with Crippen LogP contribution in [-0.4, -0.2) is 20.7 Å². The molecule has 2 rings (SSSR count). The molecule has 0 radical (unpaired) electrons. The average molecular weight is 296 g/mol. The van der Waals surface area contributed by atoms with Gasteiger partial charge in [-0.3, -0.25) is 4.72 Å². The van der Waals surface area contributed by atoms with E-state index in [1.807, 2.05) is 12.1 Å². The van der Waals surface area contributed by atoms with Gasteiger partial charge in [-0.05, 0) is 42.5 Å². The van der Waals surface area contributed by atoms with E-state index in [9.17, 15) is 8.42 Å². The third-order valence-corrected chi connectivity index (χ3v) is 4.85. The van der Waals surface area contributed by atoms with Crippen LogP contribution >= 0.6 is 0 Å². The van der Waals surface area contributed by atoms with E-state index in [2.05, 4.69) is 23.9 Å². The maximum atomic E-state index is 11.2. The van der Waals surface area contributed by atoms with Gasteiger partial charge >= 0.3 is 0 Å². The zero-order valence-electron chi connectivity index (χ0n) is 12.4. The maximum Gasteiger partial charge on any atom is 0.229 e. The van der Waals surface area contributed by atoms with Gasteiger partial charge in [0.15, 0.2) is 0 Å². The summed E-state index contributed by atoms with van der Waals surface area (Å²) in [6.07, 6.45) is 4.95. The van der Waals surface area contributed by atoms with Crippen LogP contribution in [0.3, 0.4) is 0 Å². The van der Waals surface area contributed by atoms with Crippen LogP contribution < -0.4 is 10.0 Å². The lowest BCUT2D eigenvalue weighted by Crippen LogP contribution is -2.34. The predicted molar refractivity (Wildman–Crippen MR) is 84.5 cm³/mol. The molecule has 2 N–H and O–H groups in total. The number of sulfonamides is 1. The molecule has 0 amide bonds. The van der Waals surface area contributed by atoms with Crippen molar-refractivity contribution >= 4 is 21.4 Å². The molecular weight excluding hydrogens is 272 g/mol. The summed E-state index contributed by atoms with van der Waals surface area (Å²) in [5.74, 6) is 1.42. The summed E-state index contributed by atoms with van der Waals surface area (Å²) in [6, 6.07) is 7.95. The van der Waals surface area contributed by atoms with Crippen molar-refractivity contribution in [3.63, 3.8) is 0 Å². The van der Waals surface area contributed by atoms with Gasteiger partial charge in [-0.2, -0.15) is 0 Å². The summed E-state index contributed by atoms with van der Waals surface area (Å²) in [7, 11) is -3.20. The first kappa shape index (κ1) is 15.2. The van der Waals surface area contributed by atoms with Crippen molar-refractivity contribution in [2.24, 2.45) is 11.8 Å². The quantitative estimate of drug-likeness (QED) is 0.896. The van der Waals surface area contributed by atoms with Gasteiger partial charge in [0, 0.05) is 17.4 Å². The molecule has 3 atom stereocenters. The summed E-state index contributed by atoms with van der Waals surface area (Å²) in [6.45, 7) is 4.62. The molecule has 0 spiro atoms. The Morgan fingerprint density at radius 2 is 1.65 bits per heavy atom. The normalized spacial score (nSPS) is 27.1.